The van der Waals surface area contributed by atoms with Crippen LogP contribution < -0.4 is 0 Å². The van der Waals surface area contributed by atoms with Crippen molar-refractivity contribution in [1.29, 1.82) is 0 Å². The van der Waals surface area contributed by atoms with E-state index in [1.54, 1.807) is 12.2 Å². The highest BCUT2D eigenvalue weighted by Crippen LogP contribution is 2.35. The maximum Gasteiger partial charge on any atom is 0.306 e. The lowest BCUT2D eigenvalue weighted by Gasteiger charge is -2.28. The molecule has 0 aromatic heterocycles. The van der Waals surface area contributed by atoms with Crippen LogP contribution in [-0.2, 0) is 9.53 Å². The van der Waals surface area contributed by atoms with Crippen LogP contribution in [0.3, 0.4) is 0 Å². The number of fused-ring (bicyclic) bond motifs is 1. The molecular formula is C9H12O3. The summed E-state index contributed by atoms with van der Waals surface area (Å²) in [7, 11) is 0. The summed E-state index contributed by atoms with van der Waals surface area (Å²) in [6.45, 7) is 1.95. The van der Waals surface area contributed by atoms with E-state index in [2.05, 4.69) is 0 Å². The minimum atomic E-state index is -0.416. The van der Waals surface area contributed by atoms with Gasteiger partial charge in [0.15, 0.2) is 0 Å². The lowest BCUT2D eigenvalue weighted by atomic mass is 9.80. The number of esters is 1. The maximum absolute atomic E-state index is 10.9. The van der Waals surface area contributed by atoms with Crippen LogP contribution in [0.5, 0.6) is 0 Å². The van der Waals surface area contributed by atoms with Gasteiger partial charge in [-0.1, -0.05) is 13.0 Å². The summed E-state index contributed by atoms with van der Waals surface area (Å²) >= 11 is 0. The third-order valence-electron chi connectivity index (χ3n) is 2.80. The van der Waals surface area contributed by atoms with Gasteiger partial charge in [-0.05, 0) is 12.0 Å². The molecule has 66 valence electrons. The van der Waals surface area contributed by atoms with Crippen molar-refractivity contribution in [1.82, 2.24) is 0 Å². The molecule has 0 aromatic carbocycles. The molecule has 0 saturated carbocycles. The van der Waals surface area contributed by atoms with Gasteiger partial charge in [0, 0.05) is 5.92 Å². The van der Waals surface area contributed by atoms with Gasteiger partial charge in [-0.15, -0.1) is 0 Å². The SMILES string of the molecule is C[C@H]1C(O)C=C[C@H]2OC(=O)C[C@H]21. The Morgan fingerprint density at radius 3 is 3.08 bits per heavy atom. The minimum Gasteiger partial charge on any atom is -0.458 e. The quantitative estimate of drug-likeness (QED) is 0.423. The zero-order valence-corrected chi connectivity index (χ0v) is 6.93. The third kappa shape index (κ3) is 1.05. The maximum atomic E-state index is 10.9. The van der Waals surface area contributed by atoms with Crippen LogP contribution in [0.2, 0.25) is 0 Å². The number of rotatable bonds is 0. The molecule has 0 spiro atoms. The first kappa shape index (κ1) is 7.80. The molecule has 3 heteroatoms. The van der Waals surface area contributed by atoms with Crippen molar-refractivity contribution in [3.05, 3.63) is 12.2 Å². The van der Waals surface area contributed by atoms with Gasteiger partial charge in [0.05, 0.1) is 12.5 Å². The highest BCUT2D eigenvalue weighted by Gasteiger charge is 2.41. The van der Waals surface area contributed by atoms with Crippen molar-refractivity contribution in [2.75, 3.05) is 0 Å². The van der Waals surface area contributed by atoms with Gasteiger partial charge < -0.3 is 9.84 Å². The molecule has 1 heterocycles. The summed E-state index contributed by atoms with van der Waals surface area (Å²) in [4.78, 5) is 10.9. The normalized spacial score (nSPS) is 45.7. The Kier molecular flexibility index (Phi) is 1.68. The first-order valence-electron chi connectivity index (χ1n) is 4.24. The van der Waals surface area contributed by atoms with E-state index in [0.717, 1.165) is 0 Å². The number of ether oxygens (including phenoxy) is 1. The van der Waals surface area contributed by atoms with E-state index < -0.39 is 6.10 Å². The summed E-state index contributed by atoms with van der Waals surface area (Å²) in [5.41, 5.74) is 0. The van der Waals surface area contributed by atoms with Gasteiger partial charge in [0.2, 0.25) is 0 Å². The molecule has 4 atom stereocenters. The average molecular weight is 168 g/mol. The molecule has 12 heavy (non-hydrogen) atoms. The van der Waals surface area contributed by atoms with Gasteiger partial charge in [-0.2, -0.15) is 0 Å². The van der Waals surface area contributed by atoms with E-state index in [1.807, 2.05) is 6.92 Å². The molecule has 1 fully saturated rings. The molecule has 1 saturated heterocycles. The van der Waals surface area contributed by atoms with Crippen LogP contribution in [-0.4, -0.2) is 23.3 Å². The summed E-state index contributed by atoms with van der Waals surface area (Å²) in [6.07, 6.45) is 3.45. The summed E-state index contributed by atoms with van der Waals surface area (Å²) in [6, 6.07) is 0. The number of carbonyl (C=O) groups excluding carboxylic acids is 1. The average Bonchev–Trinajstić information content (AvgIpc) is 2.39. The lowest BCUT2D eigenvalue weighted by molar-refractivity contribution is -0.140. The van der Waals surface area contributed by atoms with Crippen molar-refractivity contribution in [3.8, 4) is 0 Å². The fourth-order valence-corrected chi connectivity index (χ4v) is 1.91. The molecule has 1 aliphatic heterocycles. The molecule has 2 rings (SSSR count). The molecule has 0 amide bonds. The van der Waals surface area contributed by atoms with Crippen LogP contribution in [0.15, 0.2) is 12.2 Å². The number of hydrogen-bond donors (Lipinski definition) is 1. The van der Waals surface area contributed by atoms with Crippen LogP contribution in [0.4, 0.5) is 0 Å². The van der Waals surface area contributed by atoms with Crippen LogP contribution in [0.25, 0.3) is 0 Å². The number of aliphatic hydroxyl groups excluding tert-OH is 1. The molecule has 3 nitrogen and oxygen atoms in total. The van der Waals surface area contributed by atoms with Gasteiger partial charge in [0.25, 0.3) is 0 Å². The van der Waals surface area contributed by atoms with Crippen LogP contribution >= 0.6 is 0 Å². The fraction of sp³-hybridized carbons (Fsp3) is 0.667. The van der Waals surface area contributed by atoms with Gasteiger partial charge in [0.1, 0.15) is 6.10 Å². The van der Waals surface area contributed by atoms with Gasteiger partial charge >= 0.3 is 5.97 Å². The van der Waals surface area contributed by atoms with Crippen molar-refractivity contribution in [3.63, 3.8) is 0 Å². The number of aliphatic hydroxyl groups is 1. The zero-order valence-electron chi connectivity index (χ0n) is 6.93. The Balaban J connectivity index is 2.21. The Morgan fingerprint density at radius 1 is 1.58 bits per heavy atom. The first-order chi connectivity index (χ1) is 5.68. The van der Waals surface area contributed by atoms with E-state index in [9.17, 15) is 9.90 Å². The highest BCUT2D eigenvalue weighted by atomic mass is 16.5. The summed E-state index contributed by atoms with van der Waals surface area (Å²) in [5, 5.41) is 9.46. The molecule has 0 aromatic rings. The second-order valence-electron chi connectivity index (χ2n) is 3.56. The Bertz CT molecular complexity index is 234. The Hall–Kier alpha value is -0.830. The van der Waals surface area contributed by atoms with Crippen molar-refractivity contribution in [2.24, 2.45) is 11.8 Å². The predicted molar refractivity (Wildman–Crippen MR) is 42.3 cm³/mol. The Labute approximate surface area is 71.0 Å². The largest absolute Gasteiger partial charge is 0.458 e. The van der Waals surface area contributed by atoms with E-state index in [4.69, 9.17) is 4.74 Å². The zero-order chi connectivity index (χ0) is 8.72. The minimum absolute atomic E-state index is 0.0871. The Morgan fingerprint density at radius 2 is 2.33 bits per heavy atom. The highest BCUT2D eigenvalue weighted by molar-refractivity contribution is 5.72. The molecule has 2 aliphatic rings. The molecular weight excluding hydrogens is 156 g/mol. The fourth-order valence-electron chi connectivity index (χ4n) is 1.91. The van der Waals surface area contributed by atoms with E-state index >= 15 is 0 Å². The van der Waals surface area contributed by atoms with Crippen LogP contribution in [0.1, 0.15) is 13.3 Å². The molecule has 1 unspecified atom stereocenters. The van der Waals surface area contributed by atoms with Gasteiger partial charge in [-0.3, -0.25) is 4.79 Å². The smallest absolute Gasteiger partial charge is 0.306 e. The second-order valence-corrected chi connectivity index (χ2v) is 3.56. The van der Waals surface area contributed by atoms with Crippen LogP contribution in [0, 0.1) is 11.8 Å². The molecule has 0 radical (unpaired) electrons. The lowest BCUT2D eigenvalue weighted by Crippen LogP contribution is -2.32. The third-order valence-corrected chi connectivity index (χ3v) is 2.80. The molecule has 1 N–H and O–H groups in total. The first-order valence-corrected chi connectivity index (χ1v) is 4.24. The van der Waals surface area contributed by atoms with E-state index in [0.29, 0.717) is 6.42 Å². The molecule has 1 aliphatic carbocycles. The monoisotopic (exact) mass is 168 g/mol. The van der Waals surface area contributed by atoms with Crippen molar-refractivity contribution in [2.45, 2.75) is 25.6 Å². The molecule has 0 bridgehead atoms. The van der Waals surface area contributed by atoms with Crippen molar-refractivity contribution >= 4 is 5.97 Å². The van der Waals surface area contributed by atoms with Gasteiger partial charge in [-0.25, -0.2) is 0 Å². The van der Waals surface area contributed by atoms with Crippen molar-refractivity contribution < 1.29 is 14.6 Å². The van der Waals surface area contributed by atoms with E-state index in [1.165, 1.54) is 0 Å². The number of hydrogen-bond acceptors (Lipinski definition) is 3. The topological polar surface area (TPSA) is 46.5 Å². The number of carbonyl (C=O) groups is 1. The summed E-state index contributed by atoms with van der Waals surface area (Å²) < 4.78 is 5.05. The predicted octanol–water partition coefficient (Wildman–Crippen LogP) is 0.485. The van der Waals surface area contributed by atoms with E-state index in [-0.39, 0.29) is 23.9 Å². The second kappa shape index (κ2) is 2.59. The summed E-state index contributed by atoms with van der Waals surface area (Å²) in [5.74, 6) is 0.166. The standard InChI is InChI=1S/C9H12O3/c1-5-6-4-9(11)12-8(6)3-2-7(5)10/h2-3,5-8,10H,4H2,1H3/t5-,6+,7?,8-/m1/s1.